The minimum Gasteiger partial charge on any atom is -0.462 e. The molecule has 7 nitrogen and oxygen atoms in total. The molecular formula is C12H19NO6S. The minimum atomic E-state index is -2.89. The molecule has 1 unspecified atom stereocenters. The van der Waals surface area contributed by atoms with Gasteiger partial charge in [-0.1, -0.05) is 0 Å². The molecule has 2 heterocycles. The molecule has 2 fully saturated rings. The number of hydrogen-bond donors (Lipinski definition) is 0. The lowest BCUT2D eigenvalue weighted by Gasteiger charge is -2.26. The van der Waals surface area contributed by atoms with E-state index in [9.17, 15) is 18.0 Å². The van der Waals surface area contributed by atoms with Crippen molar-refractivity contribution in [1.29, 1.82) is 0 Å². The molecule has 0 aliphatic carbocycles. The van der Waals surface area contributed by atoms with E-state index in [0.29, 0.717) is 26.1 Å². The Labute approximate surface area is 118 Å². The van der Waals surface area contributed by atoms with Crippen molar-refractivity contribution in [2.45, 2.75) is 25.4 Å². The van der Waals surface area contributed by atoms with Gasteiger partial charge in [0, 0.05) is 26.1 Å². The van der Waals surface area contributed by atoms with Crippen LogP contribution < -0.4 is 0 Å². The van der Waals surface area contributed by atoms with Crippen LogP contribution in [0.1, 0.15) is 19.3 Å². The summed E-state index contributed by atoms with van der Waals surface area (Å²) in [5.41, 5.74) is 0. The molecule has 2 rings (SSSR count). The Morgan fingerprint density at radius 2 is 2.05 bits per heavy atom. The van der Waals surface area contributed by atoms with E-state index in [1.54, 1.807) is 0 Å². The Morgan fingerprint density at radius 1 is 1.35 bits per heavy atom. The maximum absolute atomic E-state index is 11.7. The summed E-state index contributed by atoms with van der Waals surface area (Å²) >= 11 is 0. The Kier molecular flexibility index (Phi) is 4.98. The molecule has 1 atom stereocenters. The number of hydrogen-bond acceptors (Lipinski definition) is 7. The predicted molar refractivity (Wildman–Crippen MR) is 69.8 cm³/mol. The van der Waals surface area contributed by atoms with E-state index in [2.05, 4.69) is 0 Å². The van der Waals surface area contributed by atoms with E-state index in [1.807, 2.05) is 4.90 Å². The van der Waals surface area contributed by atoms with Gasteiger partial charge in [-0.2, -0.15) is 0 Å². The van der Waals surface area contributed by atoms with Crippen LogP contribution in [0.15, 0.2) is 0 Å². The Hall–Kier alpha value is -1.15. The standard InChI is InChI=1S/C12H19NO6S/c14-11-2-1-10(9-18-11)19-12(15)3-4-13-5-7-20(16,17)8-6-13/h10H,1-9H2. The Bertz CT molecular complexity index is 450. The third-order valence-electron chi connectivity index (χ3n) is 3.47. The maximum atomic E-state index is 11.7. The molecule has 2 saturated heterocycles. The summed E-state index contributed by atoms with van der Waals surface area (Å²) in [4.78, 5) is 24.5. The van der Waals surface area contributed by atoms with Crippen molar-refractivity contribution in [2.75, 3.05) is 37.7 Å². The van der Waals surface area contributed by atoms with Crippen molar-refractivity contribution in [3.8, 4) is 0 Å². The van der Waals surface area contributed by atoms with E-state index in [1.165, 1.54) is 0 Å². The number of carbonyl (C=O) groups excluding carboxylic acids is 2. The van der Waals surface area contributed by atoms with Gasteiger partial charge >= 0.3 is 11.9 Å². The van der Waals surface area contributed by atoms with Gasteiger partial charge < -0.3 is 14.4 Å². The van der Waals surface area contributed by atoms with Crippen LogP contribution in [0.4, 0.5) is 0 Å². The highest BCUT2D eigenvalue weighted by Gasteiger charge is 2.25. The van der Waals surface area contributed by atoms with Gasteiger partial charge in [-0.3, -0.25) is 9.59 Å². The normalized spacial score (nSPS) is 26.8. The summed E-state index contributed by atoms with van der Waals surface area (Å²) in [7, 11) is -2.89. The molecule has 2 aliphatic rings. The zero-order valence-electron chi connectivity index (χ0n) is 11.2. The fraction of sp³-hybridized carbons (Fsp3) is 0.833. The van der Waals surface area contributed by atoms with Crippen LogP contribution >= 0.6 is 0 Å². The number of cyclic esters (lactones) is 1. The van der Waals surface area contributed by atoms with Gasteiger partial charge in [-0.05, 0) is 6.42 Å². The molecule has 8 heteroatoms. The van der Waals surface area contributed by atoms with Gasteiger partial charge in [0.2, 0.25) is 0 Å². The third kappa shape index (κ3) is 4.75. The quantitative estimate of drug-likeness (QED) is 0.638. The minimum absolute atomic E-state index is 0.131. The lowest BCUT2D eigenvalue weighted by Crippen LogP contribution is -2.41. The van der Waals surface area contributed by atoms with Crippen molar-refractivity contribution in [2.24, 2.45) is 0 Å². The molecule has 0 aromatic rings. The fourth-order valence-corrected chi connectivity index (χ4v) is 3.46. The van der Waals surface area contributed by atoms with E-state index in [4.69, 9.17) is 9.47 Å². The highest BCUT2D eigenvalue weighted by atomic mass is 32.2. The van der Waals surface area contributed by atoms with Crippen molar-refractivity contribution >= 4 is 21.8 Å². The van der Waals surface area contributed by atoms with Gasteiger partial charge in [-0.25, -0.2) is 8.42 Å². The maximum Gasteiger partial charge on any atom is 0.307 e. The predicted octanol–water partition coefficient (Wildman–Crippen LogP) is -0.644. The Balaban J connectivity index is 1.64. The summed E-state index contributed by atoms with van der Waals surface area (Å²) < 4.78 is 32.6. The molecule has 0 amide bonds. The lowest BCUT2D eigenvalue weighted by atomic mass is 10.1. The zero-order valence-corrected chi connectivity index (χ0v) is 12.1. The van der Waals surface area contributed by atoms with Crippen molar-refractivity contribution in [3.63, 3.8) is 0 Å². The molecule has 0 N–H and O–H groups in total. The number of esters is 2. The van der Waals surface area contributed by atoms with Crippen LogP contribution in [0.25, 0.3) is 0 Å². The van der Waals surface area contributed by atoms with Gasteiger partial charge in [0.05, 0.1) is 17.9 Å². The first-order valence-corrected chi connectivity index (χ1v) is 8.55. The highest BCUT2D eigenvalue weighted by Crippen LogP contribution is 2.12. The molecule has 0 bridgehead atoms. The first kappa shape index (κ1) is 15.2. The third-order valence-corrected chi connectivity index (χ3v) is 5.08. The highest BCUT2D eigenvalue weighted by molar-refractivity contribution is 7.91. The van der Waals surface area contributed by atoms with Gasteiger partial charge in [0.15, 0.2) is 9.84 Å². The number of sulfone groups is 1. The summed E-state index contributed by atoms with van der Waals surface area (Å²) in [5.74, 6) is -0.283. The molecular weight excluding hydrogens is 286 g/mol. The zero-order chi connectivity index (χ0) is 14.6. The first-order chi connectivity index (χ1) is 9.44. The average molecular weight is 305 g/mol. The molecule has 20 heavy (non-hydrogen) atoms. The largest absolute Gasteiger partial charge is 0.462 e. The molecule has 0 aromatic carbocycles. The summed E-state index contributed by atoms with van der Waals surface area (Å²) in [5, 5.41) is 0. The van der Waals surface area contributed by atoms with Crippen LogP contribution in [0.2, 0.25) is 0 Å². The van der Waals surface area contributed by atoms with Crippen LogP contribution in [0.5, 0.6) is 0 Å². The second-order valence-corrected chi connectivity index (χ2v) is 7.38. The van der Waals surface area contributed by atoms with E-state index in [-0.39, 0.29) is 49.0 Å². The molecule has 114 valence electrons. The second-order valence-electron chi connectivity index (χ2n) is 5.08. The molecule has 2 aliphatic heterocycles. The van der Waals surface area contributed by atoms with E-state index < -0.39 is 9.84 Å². The van der Waals surface area contributed by atoms with Crippen LogP contribution in [0, 0.1) is 0 Å². The fourth-order valence-electron chi connectivity index (χ4n) is 2.18. The average Bonchev–Trinajstić information content (AvgIpc) is 2.40. The summed E-state index contributed by atoms with van der Waals surface area (Å²) in [6.45, 7) is 1.57. The SMILES string of the molecule is O=C1CCC(OC(=O)CCN2CCS(=O)(=O)CC2)CO1. The van der Waals surface area contributed by atoms with Crippen molar-refractivity contribution in [1.82, 2.24) is 4.90 Å². The molecule has 0 spiro atoms. The van der Waals surface area contributed by atoms with E-state index in [0.717, 1.165) is 0 Å². The lowest BCUT2D eigenvalue weighted by molar-refractivity contribution is -0.166. The molecule has 0 aromatic heterocycles. The Morgan fingerprint density at radius 3 is 2.65 bits per heavy atom. The van der Waals surface area contributed by atoms with Gasteiger partial charge in [0.25, 0.3) is 0 Å². The van der Waals surface area contributed by atoms with Crippen LogP contribution in [-0.2, 0) is 28.9 Å². The smallest absolute Gasteiger partial charge is 0.307 e. The second kappa shape index (κ2) is 6.53. The topological polar surface area (TPSA) is 90.0 Å². The van der Waals surface area contributed by atoms with Crippen molar-refractivity contribution in [3.05, 3.63) is 0 Å². The van der Waals surface area contributed by atoms with Gasteiger partial charge in [-0.15, -0.1) is 0 Å². The summed E-state index contributed by atoms with van der Waals surface area (Å²) in [6.07, 6.45) is 0.667. The number of carbonyl (C=O) groups is 2. The van der Waals surface area contributed by atoms with Crippen molar-refractivity contribution < 1.29 is 27.5 Å². The summed E-state index contributed by atoms with van der Waals surface area (Å²) in [6, 6.07) is 0. The molecule has 0 radical (unpaired) electrons. The number of nitrogens with zero attached hydrogens (tertiary/aromatic N) is 1. The molecule has 0 saturated carbocycles. The van der Waals surface area contributed by atoms with E-state index >= 15 is 0 Å². The van der Waals surface area contributed by atoms with Gasteiger partial charge in [0.1, 0.15) is 12.7 Å². The number of rotatable bonds is 4. The monoisotopic (exact) mass is 305 g/mol. The first-order valence-electron chi connectivity index (χ1n) is 6.72. The van der Waals surface area contributed by atoms with Crippen LogP contribution in [-0.4, -0.2) is 69.1 Å². The number of ether oxygens (including phenoxy) is 2. The van der Waals surface area contributed by atoms with Crippen LogP contribution in [0.3, 0.4) is 0 Å².